The summed E-state index contributed by atoms with van der Waals surface area (Å²) in [6.45, 7) is 4.20. The molecule has 2 saturated heterocycles. The van der Waals surface area contributed by atoms with Crippen LogP contribution >= 0.6 is 0 Å². The van der Waals surface area contributed by atoms with Crippen molar-refractivity contribution >= 4 is 52.5 Å². The zero-order valence-electron chi connectivity index (χ0n) is 38.0. The Bertz CT molecular complexity index is 2870. The van der Waals surface area contributed by atoms with Crippen molar-refractivity contribution in [3.8, 4) is 34.3 Å². The van der Waals surface area contributed by atoms with E-state index in [4.69, 9.17) is 14.2 Å². The molecule has 2 aromatic heterocycles. The lowest BCUT2D eigenvalue weighted by Crippen LogP contribution is -2.54. The summed E-state index contributed by atoms with van der Waals surface area (Å²) in [6, 6.07) is 18.8. The minimum atomic E-state index is -1.03. The van der Waals surface area contributed by atoms with Gasteiger partial charge in [-0.2, -0.15) is 5.26 Å². The summed E-state index contributed by atoms with van der Waals surface area (Å²) in [6.07, 6.45) is 4.67. The average molecular weight is 954 g/mol. The van der Waals surface area contributed by atoms with E-state index in [2.05, 4.69) is 47.2 Å². The van der Waals surface area contributed by atoms with Crippen molar-refractivity contribution in [2.75, 3.05) is 94.9 Å². The van der Waals surface area contributed by atoms with Gasteiger partial charge in [-0.05, 0) is 66.6 Å². The first-order chi connectivity index (χ1) is 34.0. The van der Waals surface area contributed by atoms with E-state index >= 15 is 0 Å². The zero-order chi connectivity index (χ0) is 49.1. The molecule has 70 heavy (non-hydrogen) atoms. The highest BCUT2D eigenvalue weighted by Crippen LogP contribution is 2.35. The standard InChI is InChI=1S/C49H48FN11O9/c1-68-41-4-2-3-36(50)44(41)45-55-14-12-38(56-45)46(64)57-37-8-5-30(35-28-52-13-11-31(35)27-51)25-40(37)60-19-17-59(18-20-60)29-43(63)54-16-22-70-24-23-69-21-15-53-32-6-7-33-34(26-32)49(67)61(48(33)66)39-9-10-42(62)58-47(39)65/h2-8,11-14,25-26,28,39,53H,9-10,15-24,29H2,1H3,(H,54,63)(H,57,64)(H,58,62,65). The molecule has 4 N–H and O–H groups in total. The van der Waals surface area contributed by atoms with Crippen molar-refractivity contribution in [3.05, 3.63) is 114 Å². The normalized spacial score (nSPS) is 15.8. The average Bonchev–Trinajstić information content (AvgIpc) is 3.61. The van der Waals surface area contributed by atoms with Gasteiger partial charge in [0, 0.05) is 75.5 Å². The predicted molar refractivity (Wildman–Crippen MR) is 251 cm³/mol. The van der Waals surface area contributed by atoms with E-state index in [0.717, 1.165) is 10.5 Å². The summed E-state index contributed by atoms with van der Waals surface area (Å²) in [5.41, 5.74) is 3.95. The molecule has 1 atom stereocenters. The molecule has 5 heterocycles. The SMILES string of the molecule is COc1cccc(F)c1-c1nccc(C(=O)Nc2ccc(-c3cnccc3C#N)cc2N2CCN(CC(=O)NCCOCCOCCNc3ccc4c(c3)C(=O)N(C3CCC(=O)NC3=O)C4=O)CC2)n1. The number of benzene rings is 3. The molecule has 0 bridgehead atoms. The van der Waals surface area contributed by atoms with E-state index in [1.54, 1.807) is 48.8 Å². The van der Waals surface area contributed by atoms with Crippen LogP contribution in [0.4, 0.5) is 21.5 Å². The molecule has 0 aliphatic carbocycles. The third kappa shape index (κ3) is 11.1. The van der Waals surface area contributed by atoms with E-state index in [9.17, 15) is 38.4 Å². The molecule has 20 nitrogen and oxygen atoms in total. The first kappa shape index (κ1) is 48.3. The molecule has 8 rings (SSSR count). The van der Waals surface area contributed by atoms with Crippen molar-refractivity contribution in [2.24, 2.45) is 0 Å². The van der Waals surface area contributed by atoms with Gasteiger partial charge in [0.1, 0.15) is 23.3 Å². The van der Waals surface area contributed by atoms with E-state index in [1.807, 2.05) is 11.0 Å². The van der Waals surface area contributed by atoms with Crippen molar-refractivity contribution in [1.29, 1.82) is 5.26 Å². The van der Waals surface area contributed by atoms with Crippen LogP contribution in [0.3, 0.4) is 0 Å². The molecule has 21 heteroatoms. The first-order valence-electron chi connectivity index (χ1n) is 22.5. The number of aromatic nitrogens is 3. The number of rotatable bonds is 19. The van der Waals surface area contributed by atoms with Crippen LogP contribution < -0.4 is 30.9 Å². The number of amides is 6. The number of nitrogens with zero attached hydrogens (tertiary/aromatic N) is 7. The Morgan fingerprint density at radius 1 is 0.886 bits per heavy atom. The largest absolute Gasteiger partial charge is 0.496 e. The van der Waals surface area contributed by atoms with E-state index < -0.39 is 41.4 Å². The summed E-state index contributed by atoms with van der Waals surface area (Å²) in [4.78, 5) is 94.4. The van der Waals surface area contributed by atoms with Gasteiger partial charge in [-0.25, -0.2) is 14.4 Å². The Morgan fingerprint density at radius 3 is 2.44 bits per heavy atom. The fourth-order valence-electron chi connectivity index (χ4n) is 8.31. The molecule has 0 spiro atoms. The number of fused-ring (bicyclic) bond motifs is 1. The Balaban J connectivity index is 0.769. The topological polar surface area (TPSA) is 250 Å². The van der Waals surface area contributed by atoms with Gasteiger partial charge in [0.15, 0.2) is 5.82 Å². The van der Waals surface area contributed by atoms with E-state index in [0.29, 0.717) is 87.3 Å². The molecule has 0 radical (unpaired) electrons. The molecule has 1 unspecified atom stereocenters. The maximum absolute atomic E-state index is 14.9. The number of nitrogens with one attached hydrogen (secondary N) is 4. The van der Waals surface area contributed by atoms with E-state index in [-0.39, 0.29) is 65.9 Å². The molecule has 0 saturated carbocycles. The summed E-state index contributed by atoms with van der Waals surface area (Å²) in [5.74, 6) is -3.35. The number of hydrogen-bond donors (Lipinski definition) is 4. The van der Waals surface area contributed by atoms with Gasteiger partial charge in [0.2, 0.25) is 17.7 Å². The Morgan fingerprint density at radius 2 is 1.67 bits per heavy atom. The smallest absolute Gasteiger partial charge is 0.274 e. The third-order valence-electron chi connectivity index (χ3n) is 11.8. The number of carbonyl (C=O) groups excluding carboxylic acids is 6. The molecular weight excluding hydrogens is 906 g/mol. The molecule has 2 fully saturated rings. The number of halogens is 1. The number of carbonyl (C=O) groups is 6. The zero-order valence-corrected chi connectivity index (χ0v) is 38.0. The fourth-order valence-corrected chi connectivity index (χ4v) is 8.31. The monoisotopic (exact) mass is 953 g/mol. The Hall–Kier alpha value is -8.19. The highest BCUT2D eigenvalue weighted by Gasteiger charge is 2.44. The van der Waals surface area contributed by atoms with Crippen LogP contribution in [-0.4, -0.2) is 146 Å². The molecule has 6 amide bonds. The second-order valence-corrected chi connectivity index (χ2v) is 16.3. The molecule has 5 aromatic rings. The van der Waals surface area contributed by atoms with Gasteiger partial charge in [-0.3, -0.25) is 48.9 Å². The summed E-state index contributed by atoms with van der Waals surface area (Å²) in [7, 11) is 1.41. The van der Waals surface area contributed by atoms with Gasteiger partial charge in [0.05, 0.1) is 79.8 Å². The lowest BCUT2D eigenvalue weighted by Gasteiger charge is -2.36. The van der Waals surface area contributed by atoms with E-state index in [1.165, 1.54) is 37.6 Å². The van der Waals surface area contributed by atoms with Crippen molar-refractivity contribution < 1.29 is 47.4 Å². The molecular formula is C49H48FN11O9. The van der Waals surface area contributed by atoms with Gasteiger partial charge >= 0.3 is 0 Å². The number of piperazine rings is 1. The number of piperidine rings is 1. The molecule has 3 aliphatic rings. The summed E-state index contributed by atoms with van der Waals surface area (Å²) in [5, 5.41) is 21.0. The lowest BCUT2D eigenvalue weighted by atomic mass is 10.0. The molecule has 360 valence electrons. The van der Waals surface area contributed by atoms with Crippen molar-refractivity contribution in [3.63, 3.8) is 0 Å². The predicted octanol–water partition coefficient (Wildman–Crippen LogP) is 3.26. The lowest BCUT2D eigenvalue weighted by molar-refractivity contribution is -0.136. The maximum atomic E-state index is 14.9. The van der Waals surface area contributed by atoms with Crippen LogP contribution in [0.2, 0.25) is 0 Å². The van der Waals surface area contributed by atoms with Crippen molar-refractivity contribution in [1.82, 2.24) is 35.4 Å². The maximum Gasteiger partial charge on any atom is 0.274 e. The third-order valence-corrected chi connectivity index (χ3v) is 11.8. The van der Waals surface area contributed by atoms with Crippen LogP contribution in [0.25, 0.3) is 22.5 Å². The Labute approximate surface area is 401 Å². The van der Waals surface area contributed by atoms with Crippen LogP contribution in [0.15, 0.2) is 85.3 Å². The first-order valence-corrected chi connectivity index (χ1v) is 22.5. The second kappa shape index (κ2) is 22.3. The number of nitriles is 1. The summed E-state index contributed by atoms with van der Waals surface area (Å²) >= 11 is 0. The number of pyridine rings is 1. The van der Waals surface area contributed by atoms with Crippen LogP contribution in [-0.2, 0) is 23.9 Å². The molecule has 3 aliphatic heterocycles. The molecule has 3 aromatic carbocycles. The van der Waals surface area contributed by atoms with Crippen LogP contribution in [0, 0.1) is 17.1 Å². The van der Waals surface area contributed by atoms with Crippen LogP contribution in [0.5, 0.6) is 5.75 Å². The second-order valence-electron chi connectivity index (χ2n) is 16.3. The number of ether oxygens (including phenoxy) is 3. The minimum absolute atomic E-state index is 0.00211. The van der Waals surface area contributed by atoms with Gasteiger partial charge < -0.3 is 35.1 Å². The highest BCUT2D eigenvalue weighted by molar-refractivity contribution is 6.23. The van der Waals surface area contributed by atoms with Gasteiger partial charge in [-0.1, -0.05) is 12.1 Å². The number of anilines is 3. The quantitative estimate of drug-likeness (QED) is 0.0685. The van der Waals surface area contributed by atoms with Crippen LogP contribution in [0.1, 0.15) is 49.6 Å². The number of imide groups is 2. The minimum Gasteiger partial charge on any atom is -0.496 e. The highest BCUT2D eigenvalue weighted by atomic mass is 19.1. The Kier molecular flexibility index (Phi) is 15.4. The summed E-state index contributed by atoms with van der Waals surface area (Å²) < 4.78 is 31.5. The van der Waals surface area contributed by atoms with Gasteiger partial charge in [0.25, 0.3) is 17.7 Å². The number of hydrogen-bond acceptors (Lipinski definition) is 16. The number of methoxy groups -OCH3 is 1. The van der Waals surface area contributed by atoms with Crippen molar-refractivity contribution in [2.45, 2.75) is 18.9 Å². The fraction of sp³-hybridized carbons (Fsp3) is 0.306. The van der Waals surface area contributed by atoms with Gasteiger partial charge in [-0.15, -0.1) is 0 Å².